The Labute approximate surface area is 209 Å². The Morgan fingerprint density at radius 1 is 1.11 bits per heavy atom. The summed E-state index contributed by atoms with van der Waals surface area (Å²) in [5.74, 6) is -3.87. The Bertz CT molecular complexity index is 1740. The lowest BCUT2D eigenvalue weighted by Gasteiger charge is -2.38. The molecule has 4 aromatic rings. The van der Waals surface area contributed by atoms with Crippen LogP contribution >= 0.6 is 0 Å². The average molecular weight is 529 g/mol. The van der Waals surface area contributed by atoms with Crippen molar-refractivity contribution in [1.82, 2.24) is 14.0 Å². The van der Waals surface area contributed by atoms with Crippen LogP contribution in [0.3, 0.4) is 0 Å². The molecule has 37 heavy (non-hydrogen) atoms. The van der Waals surface area contributed by atoms with E-state index in [9.17, 15) is 26.8 Å². The normalized spacial score (nSPS) is 17.4. The molecule has 9 nitrogen and oxygen atoms in total. The number of alkyl halides is 2. The maximum absolute atomic E-state index is 13.6. The zero-order chi connectivity index (χ0) is 26.4. The van der Waals surface area contributed by atoms with Gasteiger partial charge in [-0.1, -0.05) is 11.2 Å². The van der Waals surface area contributed by atoms with Gasteiger partial charge in [0, 0.05) is 21.9 Å². The summed E-state index contributed by atoms with van der Waals surface area (Å²) in [6.45, 7) is 2.08. The zero-order valence-corrected chi connectivity index (χ0v) is 20.7. The lowest BCUT2D eigenvalue weighted by atomic mass is 9.97. The monoisotopic (exact) mass is 528 g/mol. The summed E-state index contributed by atoms with van der Waals surface area (Å²) in [5.41, 5.74) is 7.92. The van der Waals surface area contributed by atoms with Crippen LogP contribution in [0.4, 0.5) is 8.78 Å². The van der Waals surface area contributed by atoms with E-state index in [1.165, 1.54) is 18.2 Å². The molecule has 0 radical (unpaired) electrons. The summed E-state index contributed by atoms with van der Waals surface area (Å²) in [7, 11) is -3.95. The first-order valence-corrected chi connectivity index (χ1v) is 13.2. The predicted octanol–water partition coefficient (Wildman–Crippen LogP) is 3.60. The molecule has 192 valence electrons. The van der Waals surface area contributed by atoms with Gasteiger partial charge < -0.3 is 15.2 Å². The van der Waals surface area contributed by atoms with E-state index in [1.807, 2.05) is 0 Å². The number of hydrogen-bond acceptors (Lipinski definition) is 6. The Hall–Kier alpha value is -3.80. The summed E-state index contributed by atoms with van der Waals surface area (Å²) < 4.78 is 60.4. The molecule has 2 amide bonds. The average Bonchev–Trinajstić information content (AvgIpc) is 3.56. The van der Waals surface area contributed by atoms with Gasteiger partial charge in [-0.15, -0.1) is 0 Å². The number of hydrogen-bond donors (Lipinski definition) is 1. The lowest BCUT2D eigenvalue weighted by Crippen LogP contribution is -2.58. The van der Waals surface area contributed by atoms with Crippen LogP contribution in [0.15, 0.2) is 34.9 Å². The summed E-state index contributed by atoms with van der Waals surface area (Å²) in [4.78, 5) is 26.6. The van der Waals surface area contributed by atoms with Gasteiger partial charge in [-0.2, -0.15) is 0 Å². The molecule has 0 bridgehead atoms. The van der Waals surface area contributed by atoms with Crippen molar-refractivity contribution in [3.05, 3.63) is 52.9 Å². The molecule has 12 heteroatoms. The molecule has 0 unspecified atom stereocenters. The van der Waals surface area contributed by atoms with Crippen LogP contribution in [-0.4, -0.2) is 58.5 Å². The third-order valence-corrected chi connectivity index (χ3v) is 9.19. The lowest BCUT2D eigenvalue weighted by molar-refractivity contribution is -0.113. The van der Waals surface area contributed by atoms with Crippen molar-refractivity contribution in [2.75, 3.05) is 13.1 Å². The minimum absolute atomic E-state index is 0.0109. The van der Waals surface area contributed by atoms with Crippen molar-refractivity contribution >= 4 is 43.6 Å². The highest BCUT2D eigenvalue weighted by Crippen LogP contribution is 2.41. The molecule has 1 saturated carbocycles. The van der Waals surface area contributed by atoms with E-state index < -0.39 is 46.1 Å². The topological polar surface area (TPSA) is 128 Å². The molecule has 1 saturated heterocycles. The number of rotatable bonds is 5. The second-order valence-corrected chi connectivity index (χ2v) is 11.8. The largest absolute Gasteiger partial charge is 0.366 e. The van der Waals surface area contributed by atoms with Crippen molar-refractivity contribution < 1.29 is 31.3 Å². The van der Waals surface area contributed by atoms with Crippen LogP contribution in [0.5, 0.6) is 0 Å². The van der Waals surface area contributed by atoms with Crippen LogP contribution in [-0.2, 0) is 10.0 Å². The Balaban J connectivity index is 1.66. The van der Waals surface area contributed by atoms with E-state index in [0.29, 0.717) is 46.2 Å². The van der Waals surface area contributed by atoms with E-state index in [0.717, 1.165) is 8.87 Å². The van der Waals surface area contributed by atoms with E-state index >= 15 is 0 Å². The molecule has 1 aliphatic heterocycles. The second-order valence-electron chi connectivity index (χ2n) is 9.74. The number of fused-ring (bicyclic) bond motifs is 3. The number of amides is 2. The molecule has 3 heterocycles. The molecule has 2 fully saturated rings. The van der Waals surface area contributed by atoms with Gasteiger partial charge in [-0.05, 0) is 56.5 Å². The molecular formula is C25H22F2N4O5S. The van der Waals surface area contributed by atoms with Gasteiger partial charge in [0.1, 0.15) is 5.76 Å². The van der Waals surface area contributed by atoms with Crippen molar-refractivity contribution in [1.29, 1.82) is 0 Å². The number of carbonyl (C=O) groups is 2. The van der Waals surface area contributed by atoms with Crippen molar-refractivity contribution in [3.63, 3.8) is 0 Å². The highest BCUT2D eigenvalue weighted by Gasteiger charge is 2.46. The van der Waals surface area contributed by atoms with E-state index in [2.05, 4.69) is 5.16 Å². The smallest absolute Gasteiger partial charge is 0.282 e. The number of benzene rings is 2. The molecule has 0 atom stereocenters. The van der Waals surface area contributed by atoms with Gasteiger partial charge in [-0.25, -0.2) is 21.2 Å². The first-order valence-electron chi connectivity index (χ1n) is 11.7. The second kappa shape index (κ2) is 7.60. The maximum Gasteiger partial charge on any atom is 0.282 e. The van der Waals surface area contributed by atoms with Gasteiger partial charge in [0.25, 0.3) is 17.7 Å². The first kappa shape index (κ1) is 23.6. The quantitative estimate of drug-likeness (QED) is 0.422. The number of likely N-dealkylation sites (tertiary alicyclic amines) is 1. The minimum atomic E-state index is -3.95. The minimum Gasteiger partial charge on any atom is -0.366 e. The van der Waals surface area contributed by atoms with E-state index in [-0.39, 0.29) is 22.2 Å². The molecule has 2 N–H and O–H groups in total. The van der Waals surface area contributed by atoms with Crippen LogP contribution < -0.4 is 5.73 Å². The molecule has 1 aliphatic carbocycles. The molecule has 6 rings (SSSR count). The van der Waals surface area contributed by atoms with Gasteiger partial charge in [0.2, 0.25) is 10.0 Å². The van der Waals surface area contributed by atoms with Gasteiger partial charge >= 0.3 is 0 Å². The fraction of sp³-hybridized carbons (Fsp3) is 0.320. The SMILES string of the molecule is Cc1noc(C)c1-c1cc(C(N)=O)c2c(c1)c1ccc(C(=O)N3CC(F)(F)C3)cc1n2S(=O)(=O)C1CC1. The fourth-order valence-corrected chi connectivity index (χ4v) is 6.99. The maximum atomic E-state index is 13.6. The molecule has 2 aromatic carbocycles. The van der Waals surface area contributed by atoms with Crippen molar-refractivity contribution in [2.24, 2.45) is 5.73 Å². The van der Waals surface area contributed by atoms with Crippen LogP contribution in [0.2, 0.25) is 0 Å². The molecular weight excluding hydrogens is 506 g/mol. The number of nitrogens with two attached hydrogens (primary N) is 1. The third-order valence-electron chi connectivity index (χ3n) is 6.99. The Kier molecular flexibility index (Phi) is 4.85. The van der Waals surface area contributed by atoms with Crippen molar-refractivity contribution in [3.8, 4) is 11.1 Å². The number of primary amides is 1. The van der Waals surface area contributed by atoms with Gasteiger partial charge in [0.15, 0.2) is 0 Å². The number of halogens is 2. The number of aryl methyl sites for hydroxylation is 2. The fourth-order valence-electron chi connectivity index (χ4n) is 5.08. The van der Waals surface area contributed by atoms with Crippen LogP contribution in [0.1, 0.15) is 45.0 Å². The molecule has 0 spiro atoms. The van der Waals surface area contributed by atoms with Crippen LogP contribution in [0.25, 0.3) is 32.9 Å². The summed E-state index contributed by atoms with van der Waals surface area (Å²) >= 11 is 0. The highest BCUT2D eigenvalue weighted by atomic mass is 32.2. The standard InChI is InChI=1S/C25H22F2N4O5S/c1-12-21(13(2)36-29-12)15-7-18-17-6-3-14(24(33)30-10-25(26,27)11-30)9-20(17)31(37(34,35)16-4-5-16)22(18)19(8-15)23(28)32/h3,6-9,16H,4-5,10-11H2,1-2H3,(H2,28,32). The molecule has 2 aliphatic rings. The zero-order valence-electron chi connectivity index (χ0n) is 19.9. The van der Waals surface area contributed by atoms with E-state index in [4.69, 9.17) is 10.3 Å². The predicted molar refractivity (Wildman–Crippen MR) is 131 cm³/mol. The summed E-state index contributed by atoms with van der Waals surface area (Å²) in [6.07, 6.45) is 0.933. The van der Waals surface area contributed by atoms with Gasteiger partial charge in [-0.3, -0.25) is 9.59 Å². The Morgan fingerprint density at radius 2 is 1.81 bits per heavy atom. The highest BCUT2D eigenvalue weighted by molar-refractivity contribution is 7.91. The number of aromatic nitrogens is 2. The number of nitrogens with zero attached hydrogens (tertiary/aromatic N) is 3. The Morgan fingerprint density at radius 3 is 2.38 bits per heavy atom. The summed E-state index contributed by atoms with van der Waals surface area (Å²) in [5, 5.41) is 4.25. The van der Waals surface area contributed by atoms with E-state index in [1.54, 1.807) is 26.0 Å². The first-order chi connectivity index (χ1) is 17.4. The van der Waals surface area contributed by atoms with Crippen molar-refractivity contribution in [2.45, 2.75) is 37.9 Å². The van der Waals surface area contributed by atoms with Gasteiger partial charge in [0.05, 0.1) is 40.6 Å². The number of carbonyl (C=O) groups excluding carboxylic acids is 2. The summed E-state index contributed by atoms with van der Waals surface area (Å²) in [6, 6.07) is 7.69. The third kappa shape index (κ3) is 3.53. The van der Waals surface area contributed by atoms with Crippen LogP contribution in [0, 0.1) is 13.8 Å². The molecule has 2 aromatic heterocycles.